The number of hydrogen-bond acceptors (Lipinski definition) is 3. The number of thioether (sulfide) groups is 1. The van der Waals surface area contributed by atoms with Gasteiger partial charge in [-0.1, -0.05) is 72.4 Å². The summed E-state index contributed by atoms with van der Waals surface area (Å²) in [4.78, 5) is 26.3. The standard InChI is InChI=1S/C24H16F3N3O2S/c25-24(26,27)18-13-11-17(12-14-18)20-21(33-15-16-7-3-1-4-8-16)30-23(32)28(22(31)29(20)30)19-9-5-2-6-10-19/h1-14H,15H2. The third-order valence-electron chi connectivity index (χ3n) is 5.27. The van der Waals surface area contributed by atoms with Gasteiger partial charge in [0.1, 0.15) is 10.7 Å². The Morgan fingerprint density at radius 3 is 1.91 bits per heavy atom. The number of rotatable bonds is 5. The number of aromatic nitrogens is 3. The molecular weight excluding hydrogens is 451 g/mol. The molecule has 3 aromatic carbocycles. The topological polar surface area (TPSA) is 47.9 Å². The van der Waals surface area contributed by atoms with Gasteiger partial charge in [0.2, 0.25) is 0 Å². The molecule has 0 spiro atoms. The average molecular weight is 467 g/mol. The number of para-hydroxylation sites is 1. The lowest BCUT2D eigenvalue weighted by Gasteiger charge is -2.18. The van der Waals surface area contributed by atoms with Crippen molar-refractivity contribution in [3.8, 4) is 16.9 Å². The maximum absolute atomic E-state index is 13.2. The van der Waals surface area contributed by atoms with Gasteiger partial charge >= 0.3 is 17.6 Å². The van der Waals surface area contributed by atoms with Gasteiger partial charge in [0, 0.05) is 11.3 Å². The summed E-state index contributed by atoms with van der Waals surface area (Å²) >= 11 is 1.35. The molecular formula is C24H16F3N3O2S. The smallest absolute Gasteiger partial charge is 0.245 e. The van der Waals surface area contributed by atoms with Gasteiger partial charge in [0.15, 0.2) is 0 Å². The molecule has 0 aliphatic rings. The second-order valence-electron chi connectivity index (χ2n) is 7.36. The Bertz CT molecular complexity index is 1520. The zero-order valence-electron chi connectivity index (χ0n) is 17.0. The summed E-state index contributed by atoms with van der Waals surface area (Å²) in [6, 6.07) is 22.7. The van der Waals surface area contributed by atoms with Crippen molar-refractivity contribution in [3.63, 3.8) is 0 Å². The molecule has 0 saturated carbocycles. The molecule has 9 heteroatoms. The fraction of sp³-hybridized carbons (Fsp3) is 0.0833. The van der Waals surface area contributed by atoms with Crippen LogP contribution >= 0.6 is 11.8 Å². The molecule has 0 amide bonds. The first kappa shape index (κ1) is 21.1. The van der Waals surface area contributed by atoms with Crippen LogP contribution in [0.15, 0.2) is 99.5 Å². The van der Waals surface area contributed by atoms with Crippen molar-refractivity contribution in [1.29, 1.82) is 0 Å². The molecule has 0 saturated heterocycles. The molecule has 166 valence electrons. The third kappa shape index (κ3) is 3.64. The number of halogens is 3. The van der Waals surface area contributed by atoms with Crippen LogP contribution < -0.4 is 11.4 Å². The van der Waals surface area contributed by atoms with Crippen molar-refractivity contribution in [1.82, 2.24) is 13.6 Å². The van der Waals surface area contributed by atoms with Gasteiger partial charge in [-0.05, 0) is 29.8 Å². The van der Waals surface area contributed by atoms with Crippen LogP contribution in [-0.2, 0) is 11.9 Å². The van der Waals surface area contributed by atoms with Crippen molar-refractivity contribution in [2.45, 2.75) is 17.0 Å². The van der Waals surface area contributed by atoms with Gasteiger partial charge in [-0.15, -0.1) is 0 Å². The maximum Gasteiger partial charge on any atom is 0.416 e. The molecule has 0 N–H and O–H groups in total. The van der Waals surface area contributed by atoms with Crippen LogP contribution in [0, 0.1) is 0 Å². The van der Waals surface area contributed by atoms with E-state index in [4.69, 9.17) is 0 Å². The summed E-state index contributed by atoms with van der Waals surface area (Å²) in [7, 11) is 0. The molecule has 2 heterocycles. The molecule has 0 radical (unpaired) electrons. The average Bonchev–Trinajstić information content (AvgIpc) is 3.01. The van der Waals surface area contributed by atoms with Gasteiger partial charge < -0.3 is 0 Å². The minimum Gasteiger partial charge on any atom is -0.245 e. The van der Waals surface area contributed by atoms with Crippen LogP contribution in [0.1, 0.15) is 11.1 Å². The Kier molecular flexibility index (Phi) is 5.13. The normalized spacial score (nSPS) is 12.0. The molecule has 2 aromatic heterocycles. The van der Waals surface area contributed by atoms with Crippen molar-refractivity contribution in [2.75, 3.05) is 0 Å². The van der Waals surface area contributed by atoms with E-state index in [-0.39, 0.29) is 0 Å². The second-order valence-corrected chi connectivity index (χ2v) is 8.33. The maximum atomic E-state index is 13.2. The van der Waals surface area contributed by atoms with E-state index in [2.05, 4.69) is 0 Å². The first-order valence-electron chi connectivity index (χ1n) is 9.98. The van der Waals surface area contributed by atoms with Crippen molar-refractivity contribution in [3.05, 3.63) is 117 Å². The third-order valence-corrected chi connectivity index (χ3v) is 6.39. The van der Waals surface area contributed by atoms with Gasteiger partial charge in [0.05, 0.1) is 11.3 Å². The van der Waals surface area contributed by atoms with Crippen LogP contribution in [0.3, 0.4) is 0 Å². The van der Waals surface area contributed by atoms with E-state index >= 15 is 0 Å². The lowest BCUT2D eigenvalue weighted by Crippen LogP contribution is -2.25. The Morgan fingerprint density at radius 1 is 0.727 bits per heavy atom. The highest BCUT2D eigenvalue weighted by Crippen LogP contribution is 2.36. The van der Waals surface area contributed by atoms with Crippen LogP contribution in [0.2, 0.25) is 0 Å². The van der Waals surface area contributed by atoms with Crippen LogP contribution in [0.4, 0.5) is 13.2 Å². The van der Waals surface area contributed by atoms with Crippen molar-refractivity contribution in [2.24, 2.45) is 0 Å². The van der Waals surface area contributed by atoms with Gasteiger partial charge in [-0.2, -0.15) is 22.2 Å². The fourth-order valence-corrected chi connectivity index (χ4v) is 4.80. The molecule has 0 atom stereocenters. The molecule has 0 aliphatic heterocycles. The summed E-state index contributed by atoms with van der Waals surface area (Å²) in [5, 5.41) is 0.510. The van der Waals surface area contributed by atoms with E-state index in [0.717, 1.165) is 22.3 Å². The number of alkyl halides is 3. The van der Waals surface area contributed by atoms with Gasteiger partial charge in [-0.25, -0.2) is 14.2 Å². The molecule has 0 fully saturated rings. The van der Waals surface area contributed by atoms with E-state index in [1.807, 2.05) is 30.3 Å². The number of nitrogens with zero attached hydrogens (tertiary/aromatic N) is 3. The second kappa shape index (κ2) is 8.00. The lowest BCUT2D eigenvalue weighted by atomic mass is 10.1. The zero-order valence-corrected chi connectivity index (χ0v) is 17.8. The van der Waals surface area contributed by atoms with E-state index in [1.165, 1.54) is 32.9 Å². The van der Waals surface area contributed by atoms with E-state index in [9.17, 15) is 22.8 Å². The van der Waals surface area contributed by atoms with Crippen molar-refractivity contribution < 1.29 is 13.2 Å². The van der Waals surface area contributed by atoms with E-state index in [1.54, 1.807) is 30.3 Å². The summed E-state index contributed by atoms with van der Waals surface area (Å²) in [6.45, 7) is 0. The Morgan fingerprint density at radius 2 is 1.30 bits per heavy atom. The molecule has 0 aliphatic carbocycles. The quantitative estimate of drug-likeness (QED) is 0.343. The predicted molar refractivity (Wildman–Crippen MR) is 120 cm³/mol. The molecule has 0 bridgehead atoms. The Balaban J connectivity index is 1.66. The highest BCUT2D eigenvalue weighted by molar-refractivity contribution is 7.98. The molecule has 33 heavy (non-hydrogen) atoms. The largest absolute Gasteiger partial charge is 0.416 e. The molecule has 0 unspecified atom stereocenters. The summed E-state index contributed by atoms with van der Waals surface area (Å²) in [5.74, 6) is 0.525. The summed E-state index contributed by atoms with van der Waals surface area (Å²) in [5.41, 5.74) is 0.366. The van der Waals surface area contributed by atoms with Crippen LogP contribution in [0.5, 0.6) is 0 Å². The molecule has 5 aromatic rings. The Hall–Kier alpha value is -3.72. The lowest BCUT2D eigenvalue weighted by molar-refractivity contribution is -0.137. The van der Waals surface area contributed by atoms with E-state index in [0.29, 0.717) is 27.7 Å². The highest BCUT2D eigenvalue weighted by Gasteiger charge is 2.31. The zero-order chi connectivity index (χ0) is 23.2. The SMILES string of the molecule is O=c1n(-c2ccccc2)c(=O)n2c(-c3ccc(C(F)(F)F)cc3)c(SCc3ccccc3)n12. The minimum absolute atomic E-state index is 0.404. The van der Waals surface area contributed by atoms with Crippen LogP contribution in [0.25, 0.3) is 16.9 Å². The van der Waals surface area contributed by atoms with Gasteiger partial charge in [0.25, 0.3) is 0 Å². The Labute approximate surface area is 189 Å². The number of fused-ring (bicyclic) bond motifs is 1. The van der Waals surface area contributed by atoms with Gasteiger partial charge in [-0.3, -0.25) is 0 Å². The monoisotopic (exact) mass is 467 g/mol. The predicted octanol–water partition coefficient (Wildman–Crippen LogP) is 4.97. The number of hydrogen-bond donors (Lipinski definition) is 0. The fourth-order valence-electron chi connectivity index (χ4n) is 3.68. The first-order chi connectivity index (χ1) is 15.9. The van der Waals surface area contributed by atoms with Crippen molar-refractivity contribution >= 4 is 11.8 Å². The molecule has 5 rings (SSSR count). The highest BCUT2D eigenvalue weighted by atomic mass is 32.2. The molecule has 5 nitrogen and oxygen atoms in total. The number of benzene rings is 3. The summed E-state index contributed by atoms with van der Waals surface area (Å²) < 4.78 is 42.6. The van der Waals surface area contributed by atoms with E-state index < -0.39 is 23.1 Å². The van der Waals surface area contributed by atoms with Crippen LogP contribution in [-0.4, -0.2) is 13.6 Å². The summed E-state index contributed by atoms with van der Waals surface area (Å²) in [6.07, 6.45) is -4.47. The minimum atomic E-state index is -4.47. The first-order valence-corrected chi connectivity index (χ1v) is 11.0.